The van der Waals surface area contributed by atoms with Crippen LogP contribution in [-0.2, 0) is 16.1 Å². The number of thiophene rings is 1. The van der Waals surface area contributed by atoms with Crippen LogP contribution in [0.1, 0.15) is 21.2 Å². The molecule has 2 amide bonds. The molecule has 24 heavy (non-hydrogen) atoms. The zero-order chi connectivity index (χ0) is 17.3. The minimum atomic E-state index is -0.621. The molecule has 1 aliphatic rings. The second-order valence-electron chi connectivity index (χ2n) is 4.67. The maximum atomic E-state index is 12.4. The molecule has 0 atom stereocenters. The highest BCUT2D eigenvalue weighted by Crippen LogP contribution is 2.35. The van der Waals surface area contributed by atoms with Crippen LogP contribution in [0.4, 0.5) is 4.79 Å². The van der Waals surface area contributed by atoms with E-state index in [9.17, 15) is 14.4 Å². The molecule has 1 fully saturated rings. The van der Waals surface area contributed by atoms with E-state index in [1.165, 1.54) is 30.6 Å². The highest BCUT2D eigenvalue weighted by atomic mass is 35.5. The molecule has 0 aromatic carbocycles. The van der Waals surface area contributed by atoms with E-state index in [2.05, 4.69) is 4.74 Å². The summed E-state index contributed by atoms with van der Waals surface area (Å²) in [7, 11) is 1.24. The number of esters is 1. The average molecular weight is 384 g/mol. The second kappa shape index (κ2) is 6.84. The van der Waals surface area contributed by atoms with Crippen LogP contribution >= 0.6 is 34.7 Å². The molecule has 0 unspecified atom stereocenters. The molecular weight excluding hydrogens is 374 g/mol. The quantitative estimate of drug-likeness (QED) is 0.586. The summed E-state index contributed by atoms with van der Waals surface area (Å²) in [4.78, 5) is 38.0. The number of imide groups is 1. The lowest BCUT2D eigenvalue weighted by molar-refractivity contribution is -0.123. The molecule has 0 aliphatic carbocycles. The van der Waals surface area contributed by atoms with Crippen molar-refractivity contribution in [2.45, 2.75) is 6.54 Å². The van der Waals surface area contributed by atoms with Crippen LogP contribution in [0.2, 0.25) is 4.34 Å². The van der Waals surface area contributed by atoms with E-state index in [1.807, 2.05) is 0 Å². The van der Waals surface area contributed by atoms with Crippen LogP contribution in [-0.4, -0.2) is 29.1 Å². The predicted molar refractivity (Wildman–Crippen MR) is 90.9 cm³/mol. The first kappa shape index (κ1) is 16.8. The van der Waals surface area contributed by atoms with E-state index >= 15 is 0 Å². The maximum Gasteiger partial charge on any atom is 0.373 e. The smallest absolute Gasteiger partial charge is 0.373 e. The Kier molecular flexibility index (Phi) is 4.79. The number of ether oxygens (including phenoxy) is 1. The largest absolute Gasteiger partial charge is 0.463 e. The van der Waals surface area contributed by atoms with Crippen molar-refractivity contribution in [2.24, 2.45) is 0 Å². The summed E-state index contributed by atoms with van der Waals surface area (Å²) in [5, 5.41) is -0.398. The van der Waals surface area contributed by atoms with Gasteiger partial charge in [-0.3, -0.25) is 14.5 Å². The number of halogens is 1. The molecule has 0 N–H and O–H groups in total. The van der Waals surface area contributed by atoms with Crippen LogP contribution < -0.4 is 0 Å². The molecule has 0 saturated carbocycles. The fourth-order valence-electron chi connectivity index (χ4n) is 2.00. The Hall–Kier alpha value is -2.03. The minimum absolute atomic E-state index is 0.0169. The first-order valence-corrected chi connectivity index (χ1v) is 8.67. The van der Waals surface area contributed by atoms with Crippen LogP contribution in [0.3, 0.4) is 0 Å². The molecule has 0 spiro atoms. The Labute approximate surface area is 150 Å². The van der Waals surface area contributed by atoms with Gasteiger partial charge in [0.25, 0.3) is 11.1 Å². The number of carbonyl (C=O) groups is 3. The number of nitrogens with zero attached hydrogens (tertiary/aromatic N) is 1. The summed E-state index contributed by atoms with van der Waals surface area (Å²) in [6, 6.07) is 6.46. The topological polar surface area (TPSA) is 76.8 Å². The molecule has 3 rings (SSSR count). The predicted octanol–water partition coefficient (Wildman–Crippen LogP) is 4.02. The molecule has 2 aromatic rings. The lowest BCUT2D eigenvalue weighted by atomic mass is 10.3. The lowest BCUT2D eigenvalue weighted by Gasteiger charge is -2.09. The zero-order valence-corrected chi connectivity index (χ0v) is 14.7. The van der Waals surface area contributed by atoms with Crippen molar-refractivity contribution in [2.75, 3.05) is 7.11 Å². The number of furan rings is 1. The maximum absolute atomic E-state index is 12.4. The van der Waals surface area contributed by atoms with Crippen LogP contribution in [0.5, 0.6) is 0 Å². The number of thioether (sulfide) groups is 1. The van der Waals surface area contributed by atoms with E-state index in [-0.39, 0.29) is 12.3 Å². The minimum Gasteiger partial charge on any atom is -0.463 e. The van der Waals surface area contributed by atoms with Gasteiger partial charge in [-0.25, -0.2) is 4.79 Å². The van der Waals surface area contributed by atoms with Crippen LogP contribution in [0.15, 0.2) is 33.6 Å². The molecule has 3 heterocycles. The number of carbonyl (C=O) groups excluding carboxylic acids is 3. The SMILES string of the molecule is COC(=O)c1ccc(CN2C(=O)SC(=Cc3ccc(Cl)s3)C2=O)o1. The Bertz CT molecular complexity index is 854. The molecule has 1 saturated heterocycles. The molecule has 0 bridgehead atoms. The number of rotatable bonds is 4. The first-order chi connectivity index (χ1) is 11.5. The third-order valence-electron chi connectivity index (χ3n) is 3.10. The van der Waals surface area contributed by atoms with Gasteiger partial charge in [0.05, 0.1) is 22.9 Å². The summed E-state index contributed by atoms with van der Waals surface area (Å²) in [6.07, 6.45) is 1.63. The Morgan fingerprint density at radius 2 is 2.12 bits per heavy atom. The lowest BCUT2D eigenvalue weighted by Crippen LogP contribution is -2.27. The van der Waals surface area contributed by atoms with Gasteiger partial charge >= 0.3 is 5.97 Å². The second-order valence-corrected chi connectivity index (χ2v) is 7.41. The fourth-order valence-corrected chi connectivity index (χ4v) is 3.91. The van der Waals surface area contributed by atoms with Crippen molar-refractivity contribution in [1.82, 2.24) is 4.90 Å². The molecule has 1 aliphatic heterocycles. The molecule has 124 valence electrons. The fraction of sp³-hybridized carbons (Fsp3) is 0.133. The summed E-state index contributed by atoms with van der Waals surface area (Å²) in [5.74, 6) is -0.697. The van der Waals surface area contributed by atoms with E-state index in [4.69, 9.17) is 16.0 Å². The molecule has 6 nitrogen and oxygen atoms in total. The van der Waals surface area contributed by atoms with Crippen LogP contribution in [0.25, 0.3) is 6.08 Å². The van der Waals surface area contributed by atoms with Gasteiger partial charge in [0.2, 0.25) is 5.76 Å². The average Bonchev–Trinajstić information content (AvgIpc) is 3.24. The molecular formula is C15H10ClNO5S2. The van der Waals surface area contributed by atoms with Crippen molar-refractivity contribution >= 4 is 57.9 Å². The van der Waals surface area contributed by atoms with Gasteiger partial charge in [0.15, 0.2) is 0 Å². The number of hydrogen-bond donors (Lipinski definition) is 0. The third-order valence-corrected chi connectivity index (χ3v) is 5.19. The molecule has 9 heteroatoms. The van der Waals surface area contributed by atoms with Crippen molar-refractivity contribution in [3.05, 3.63) is 49.9 Å². The van der Waals surface area contributed by atoms with Gasteiger partial charge in [0, 0.05) is 4.88 Å². The van der Waals surface area contributed by atoms with Crippen molar-refractivity contribution in [3.63, 3.8) is 0 Å². The monoisotopic (exact) mass is 383 g/mol. The van der Waals surface area contributed by atoms with E-state index in [1.54, 1.807) is 18.2 Å². The highest BCUT2D eigenvalue weighted by molar-refractivity contribution is 8.18. The molecule has 0 radical (unpaired) electrons. The van der Waals surface area contributed by atoms with Crippen molar-refractivity contribution in [3.8, 4) is 0 Å². The van der Waals surface area contributed by atoms with E-state index in [0.29, 0.717) is 15.0 Å². The standard InChI is InChI=1S/C15H10ClNO5S2/c1-21-14(19)10-4-2-8(22-10)7-17-13(18)11(24-15(17)20)6-9-3-5-12(16)23-9/h2-6H,7H2,1H3. The zero-order valence-electron chi connectivity index (χ0n) is 12.3. The number of methoxy groups -OCH3 is 1. The van der Waals surface area contributed by atoms with Gasteiger partial charge in [-0.15, -0.1) is 11.3 Å². The highest BCUT2D eigenvalue weighted by Gasteiger charge is 2.35. The normalized spacial score (nSPS) is 16.2. The van der Waals surface area contributed by atoms with Crippen LogP contribution in [0, 0.1) is 0 Å². The third kappa shape index (κ3) is 3.40. The van der Waals surface area contributed by atoms with Gasteiger partial charge < -0.3 is 9.15 Å². The number of hydrogen-bond acceptors (Lipinski definition) is 7. The van der Waals surface area contributed by atoms with Gasteiger partial charge in [-0.05, 0) is 42.1 Å². The Balaban J connectivity index is 1.76. The van der Waals surface area contributed by atoms with Crippen molar-refractivity contribution < 1.29 is 23.5 Å². The Morgan fingerprint density at radius 3 is 2.79 bits per heavy atom. The molecule has 2 aromatic heterocycles. The first-order valence-electron chi connectivity index (χ1n) is 6.65. The van der Waals surface area contributed by atoms with Gasteiger partial charge in [0.1, 0.15) is 5.76 Å². The Morgan fingerprint density at radius 1 is 1.33 bits per heavy atom. The summed E-state index contributed by atoms with van der Waals surface area (Å²) >= 11 is 8.02. The van der Waals surface area contributed by atoms with Gasteiger partial charge in [-0.1, -0.05) is 11.6 Å². The summed E-state index contributed by atoms with van der Waals surface area (Å²) < 4.78 is 10.4. The van der Waals surface area contributed by atoms with E-state index < -0.39 is 17.1 Å². The van der Waals surface area contributed by atoms with Crippen molar-refractivity contribution in [1.29, 1.82) is 0 Å². The number of amides is 2. The summed E-state index contributed by atoms with van der Waals surface area (Å²) in [6.45, 7) is -0.0514. The van der Waals surface area contributed by atoms with Gasteiger partial charge in [-0.2, -0.15) is 0 Å². The van der Waals surface area contributed by atoms with E-state index in [0.717, 1.165) is 21.5 Å². The summed E-state index contributed by atoms with van der Waals surface area (Å²) in [5.41, 5.74) is 0.